The van der Waals surface area contributed by atoms with Crippen LogP contribution in [0.4, 0.5) is 0 Å². The topological polar surface area (TPSA) is 86.5 Å². The van der Waals surface area contributed by atoms with Gasteiger partial charge in [-0.1, -0.05) is 6.92 Å². The average molecular weight is 277 g/mol. The number of carbonyl (C=O) groups excluding carboxylic acids is 1. The van der Waals surface area contributed by atoms with Crippen LogP contribution < -0.4 is 5.73 Å². The molecular weight excluding hydrogens is 254 g/mol. The molecule has 1 saturated carbocycles. The van der Waals surface area contributed by atoms with Crippen molar-refractivity contribution in [3.05, 3.63) is 0 Å². The monoisotopic (exact) mass is 277 g/mol. The molecule has 0 amide bonds. The van der Waals surface area contributed by atoms with E-state index >= 15 is 0 Å². The third kappa shape index (κ3) is 3.95. The first-order chi connectivity index (χ1) is 8.03. The number of ether oxygens (including phenoxy) is 1. The molecule has 0 aliphatic heterocycles. The van der Waals surface area contributed by atoms with Gasteiger partial charge in [-0.15, -0.1) is 0 Å². The molecular formula is C12H23NO4S. The van der Waals surface area contributed by atoms with Crippen molar-refractivity contribution in [2.24, 2.45) is 11.7 Å². The molecule has 0 aromatic heterocycles. The molecule has 0 aromatic rings. The van der Waals surface area contributed by atoms with E-state index in [1.165, 1.54) is 0 Å². The van der Waals surface area contributed by atoms with Crippen molar-refractivity contribution in [1.82, 2.24) is 0 Å². The summed E-state index contributed by atoms with van der Waals surface area (Å²) in [5.41, 5.74) is 5.15. The number of rotatable bonds is 3. The molecule has 1 fully saturated rings. The Kier molecular flexibility index (Phi) is 4.43. The summed E-state index contributed by atoms with van der Waals surface area (Å²) in [6.07, 6.45) is 1.23. The lowest BCUT2D eigenvalue weighted by atomic mass is 10.1. The van der Waals surface area contributed by atoms with E-state index < -0.39 is 32.4 Å². The maximum Gasteiger partial charge on any atom is 0.321 e. The second-order valence-corrected chi connectivity index (χ2v) is 8.25. The molecule has 106 valence electrons. The zero-order chi connectivity index (χ0) is 14.1. The molecule has 0 aromatic carbocycles. The van der Waals surface area contributed by atoms with Crippen LogP contribution in [0.5, 0.6) is 0 Å². The van der Waals surface area contributed by atoms with Crippen molar-refractivity contribution in [3.63, 3.8) is 0 Å². The van der Waals surface area contributed by atoms with Crippen LogP contribution in [-0.4, -0.2) is 37.0 Å². The second-order valence-electron chi connectivity index (χ2n) is 6.03. The largest absolute Gasteiger partial charge is 0.459 e. The van der Waals surface area contributed by atoms with Gasteiger partial charge >= 0.3 is 5.97 Å². The third-order valence-corrected chi connectivity index (χ3v) is 5.47. The number of carbonyl (C=O) groups is 1. The maximum atomic E-state index is 12.1. The van der Waals surface area contributed by atoms with Crippen molar-refractivity contribution >= 4 is 15.8 Å². The fourth-order valence-electron chi connectivity index (χ4n) is 2.31. The average Bonchev–Trinajstić information content (AvgIpc) is 2.43. The molecule has 0 saturated heterocycles. The van der Waals surface area contributed by atoms with E-state index in [9.17, 15) is 13.2 Å². The van der Waals surface area contributed by atoms with Crippen LogP contribution in [0.2, 0.25) is 0 Å². The zero-order valence-electron chi connectivity index (χ0n) is 11.5. The molecule has 2 N–H and O–H groups in total. The van der Waals surface area contributed by atoms with Gasteiger partial charge in [-0.05, 0) is 39.5 Å². The van der Waals surface area contributed by atoms with Gasteiger partial charge in [0.25, 0.3) is 0 Å². The summed E-state index contributed by atoms with van der Waals surface area (Å²) < 4.78 is 29.3. The van der Waals surface area contributed by atoms with E-state index in [1.807, 2.05) is 6.92 Å². The van der Waals surface area contributed by atoms with Crippen LogP contribution in [-0.2, 0) is 19.4 Å². The molecule has 0 spiro atoms. The molecule has 18 heavy (non-hydrogen) atoms. The number of esters is 1. The molecule has 3 atom stereocenters. The molecule has 6 heteroatoms. The molecule has 0 heterocycles. The first kappa shape index (κ1) is 15.4. The van der Waals surface area contributed by atoms with Crippen molar-refractivity contribution in [2.45, 2.75) is 57.4 Å². The van der Waals surface area contributed by atoms with Gasteiger partial charge in [0.05, 0.1) is 5.25 Å². The Morgan fingerprint density at radius 3 is 2.28 bits per heavy atom. The molecule has 0 radical (unpaired) electrons. The number of hydrogen-bond donors (Lipinski definition) is 1. The fraction of sp³-hybridized carbons (Fsp3) is 0.917. The van der Waals surface area contributed by atoms with Gasteiger partial charge in [0, 0.05) is 6.04 Å². The van der Waals surface area contributed by atoms with E-state index in [2.05, 4.69) is 0 Å². The lowest BCUT2D eigenvalue weighted by molar-refractivity contribution is -0.151. The minimum atomic E-state index is -3.47. The highest BCUT2D eigenvalue weighted by atomic mass is 32.2. The van der Waals surface area contributed by atoms with Crippen LogP contribution in [0, 0.1) is 5.92 Å². The maximum absolute atomic E-state index is 12.1. The van der Waals surface area contributed by atoms with Gasteiger partial charge in [-0.25, -0.2) is 8.42 Å². The minimum absolute atomic E-state index is 0.0941. The smallest absolute Gasteiger partial charge is 0.321 e. The lowest BCUT2D eigenvalue weighted by Crippen LogP contribution is -2.36. The van der Waals surface area contributed by atoms with Gasteiger partial charge < -0.3 is 10.5 Å². The van der Waals surface area contributed by atoms with E-state index in [0.717, 1.165) is 0 Å². The van der Waals surface area contributed by atoms with Gasteiger partial charge in [0.1, 0.15) is 11.4 Å². The van der Waals surface area contributed by atoms with Crippen LogP contribution in [0.1, 0.15) is 40.5 Å². The Hall–Kier alpha value is -0.620. The fourth-order valence-corrected chi connectivity index (χ4v) is 4.26. The van der Waals surface area contributed by atoms with Crippen LogP contribution in [0.25, 0.3) is 0 Å². The normalized spacial score (nSPS) is 29.3. The second kappa shape index (κ2) is 5.17. The Bertz CT molecular complexity index is 410. The molecule has 1 aliphatic rings. The Balaban J connectivity index is 2.69. The van der Waals surface area contributed by atoms with Crippen LogP contribution in [0.15, 0.2) is 0 Å². The summed E-state index contributed by atoms with van der Waals surface area (Å²) in [4.78, 5) is 11.6. The summed E-state index contributed by atoms with van der Waals surface area (Å²) in [5, 5.41) is -0.514. The lowest BCUT2D eigenvalue weighted by Gasteiger charge is -2.21. The van der Waals surface area contributed by atoms with Gasteiger partial charge in [-0.2, -0.15) is 0 Å². The van der Waals surface area contributed by atoms with Gasteiger partial charge in [0.15, 0.2) is 9.84 Å². The predicted octanol–water partition coefficient (Wildman–Crippen LogP) is 0.869. The first-order valence-corrected chi connectivity index (χ1v) is 7.93. The van der Waals surface area contributed by atoms with Crippen molar-refractivity contribution in [2.75, 3.05) is 5.75 Å². The number of sulfone groups is 1. The first-order valence-electron chi connectivity index (χ1n) is 6.22. The van der Waals surface area contributed by atoms with Gasteiger partial charge in [-0.3, -0.25) is 4.79 Å². The number of nitrogens with two attached hydrogens (primary N) is 1. The van der Waals surface area contributed by atoms with Crippen molar-refractivity contribution in [1.29, 1.82) is 0 Å². The Morgan fingerprint density at radius 1 is 1.33 bits per heavy atom. The Labute approximate surface area is 109 Å². The molecule has 0 bridgehead atoms. The highest BCUT2D eigenvalue weighted by Gasteiger charge is 2.40. The van der Waals surface area contributed by atoms with Gasteiger partial charge in [0.2, 0.25) is 0 Å². The highest BCUT2D eigenvalue weighted by Crippen LogP contribution is 2.30. The molecule has 5 nitrogen and oxygen atoms in total. The highest BCUT2D eigenvalue weighted by molar-refractivity contribution is 7.92. The Morgan fingerprint density at radius 2 is 1.89 bits per heavy atom. The van der Waals surface area contributed by atoms with E-state index in [1.54, 1.807) is 20.8 Å². The molecule has 1 aliphatic carbocycles. The number of hydrogen-bond acceptors (Lipinski definition) is 5. The predicted molar refractivity (Wildman–Crippen MR) is 69.8 cm³/mol. The minimum Gasteiger partial charge on any atom is -0.459 e. The standard InChI is InChI=1S/C12H23NO4S/c1-8-9(13)5-6-10(8)18(15,16)7-11(14)17-12(2,3)4/h8-10H,5-7,13H2,1-4H3. The van der Waals surface area contributed by atoms with E-state index in [4.69, 9.17) is 10.5 Å². The summed E-state index contributed by atoms with van der Waals surface area (Å²) >= 11 is 0. The summed E-state index contributed by atoms with van der Waals surface area (Å²) in [5.74, 6) is -1.33. The quantitative estimate of drug-likeness (QED) is 0.773. The SMILES string of the molecule is CC1C(N)CCC1S(=O)(=O)CC(=O)OC(C)(C)C. The summed E-state index contributed by atoms with van der Waals surface area (Å²) in [6.45, 7) is 6.97. The zero-order valence-corrected chi connectivity index (χ0v) is 12.3. The van der Waals surface area contributed by atoms with Crippen LogP contribution >= 0.6 is 0 Å². The molecule has 1 rings (SSSR count). The summed E-state index contributed by atoms with van der Waals surface area (Å²) in [7, 11) is -3.47. The summed E-state index contributed by atoms with van der Waals surface area (Å²) in [6, 6.07) is -0.0941. The van der Waals surface area contributed by atoms with E-state index in [-0.39, 0.29) is 12.0 Å². The van der Waals surface area contributed by atoms with Crippen molar-refractivity contribution in [3.8, 4) is 0 Å². The molecule has 3 unspecified atom stereocenters. The van der Waals surface area contributed by atoms with Crippen molar-refractivity contribution < 1.29 is 17.9 Å². The third-order valence-electron chi connectivity index (χ3n) is 3.25. The van der Waals surface area contributed by atoms with Crippen LogP contribution in [0.3, 0.4) is 0 Å². The van der Waals surface area contributed by atoms with E-state index in [0.29, 0.717) is 12.8 Å².